The number of hydrogen-bond acceptors (Lipinski definition) is 3. The van der Waals surface area contributed by atoms with E-state index < -0.39 is 0 Å². The monoisotopic (exact) mass is 232 g/mol. The number of aryl methyl sites for hydroxylation is 1. The maximum Gasteiger partial charge on any atom is 0.337 e. The average molecular weight is 232 g/mol. The van der Waals surface area contributed by atoms with Gasteiger partial charge in [-0.05, 0) is 36.3 Å². The molecule has 1 rings (SSSR count). The molecule has 0 N–H and O–H groups in total. The van der Waals surface area contributed by atoms with Crippen molar-refractivity contribution >= 4 is 12.0 Å². The fourth-order valence-corrected chi connectivity index (χ4v) is 1.32. The van der Waals surface area contributed by atoms with Gasteiger partial charge in [0.05, 0.1) is 19.8 Å². The number of rotatable bonds is 4. The minimum atomic E-state index is -0.342. The van der Waals surface area contributed by atoms with Gasteiger partial charge in [0.25, 0.3) is 0 Å². The molecular weight excluding hydrogens is 216 g/mol. The van der Waals surface area contributed by atoms with E-state index in [-0.39, 0.29) is 5.97 Å². The summed E-state index contributed by atoms with van der Waals surface area (Å²) < 4.78 is 9.61. The number of carbonyl (C=O) groups is 1. The van der Waals surface area contributed by atoms with Crippen molar-refractivity contribution in [2.24, 2.45) is 0 Å². The van der Waals surface area contributed by atoms with Gasteiger partial charge in [-0.15, -0.1) is 0 Å². The first kappa shape index (κ1) is 13.0. The molecule has 1 aromatic rings. The normalized spacial score (nSPS) is 10.3. The Bertz CT molecular complexity index is 459. The van der Waals surface area contributed by atoms with Gasteiger partial charge in [-0.3, -0.25) is 0 Å². The molecule has 0 radical (unpaired) electrons. The Morgan fingerprint density at radius 2 is 2.00 bits per heavy atom. The molecule has 0 unspecified atom stereocenters. The smallest absolute Gasteiger partial charge is 0.337 e. The molecule has 0 aliphatic carbocycles. The Kier molecular flexibility index (Phi) is 4.52. The lowest BCUT2D eigenvalue weighted by Crippen LogP contribution is -2.01. The summed E-state index contributed by atoms with van der Waals surface area (Å²) in [5.41, 5.74) is 2.53. The van der Waals surface area contributed by atoms with Gasteiger partial charge in [0.2, 0.25) is 0 Å². The molecule has 0 aliphatic heterocycles. The van der Waals surface area contributed by atoms with E-state index in [1.807, 2.05) is 19.1 Å². The predicted octanol–water partition coefficient (Wildman–Crippen LogP) is 2.95. The molecule has 17 heavy (non-hydrogen) atoms. The van der Waals surface area contributed by atoms with Crippen LogP contribution in [0.3, 0.4) is 0 Å². The van der Waals surface area contributed by atoms with Gasteiger partial charge in [0.15, 0.2) is 0 Å². The van der Waals surface area contributed by atoms with Crippen LogP contribution in [0.4, 0.5) is 0 Å². The van der Waals surface area contributed by atoms with Crippen molar-refractivity contribution in [3.63, 3.8) is 0 Å². The molecule has 0 saturated heterocycles. The summed E-state index contributed by atoms with van der Waals surface area (Å²) in [6.07, 6.45) is 3.61. The molecule has 3 heteroatoms. The predicted molar refractivity (Wildman–Crippen MR) is 67.7 cm³/mol. The zero-order valence-electron chi connectivity index (χ0n) is 10.3. The van der Waals surface area contributed by atoms with E-state index >= 15 is 0 Å². The maximum absolute atomic E-state index is 11.4. The van der Waals surface area contributed by atoms with E-state index in [2.05, 4.69) is 11.3 Å². The summed E-state index contributed by atoms with van der Waals surface area (Å²) in [4.78, 5) is 11.4. The molecule has 90 valence electrons. The Balaban J connectivity index is 3.02. The van der Waals surface area contributed by atoms with Crippen LogP contribution in [0, 0.1) is 6.92 Å². The summed E-state index contributed by atoms with van der Waals surface area (Å²) in [6, 6.07) is 5.39. The summed E-state index contributed by atoms with van der Waals surface area (Å²) in [5.74, 6) is 0.220. The molecule has 0 fully saturated rings. The fraction of sp³-hybridized carbons (Fsp3) is 0.214. The summed E-state index contributed by atoms with van der Waals surface area (Å²) in [6.45, 7) is 5.66. The Morgan fingerprint density at radius 3 is 2.59 bits per heavy atom. The first-order chi connectivity index (χ1) is 8.08. The van der Waals surface area contributed by atoms with Crippen LogP contribution in [0.25, 0.3) is 6.08 Å². The zero-order valence-corrected chi connectivity index (χ0v) is 10.3. The Morgan fingerprint density at radius 1 is 1.29 bits per heavy atom. The topological polar surface area (TPSA) is 35.5 Å². The van der Waals surface area contributed by atoms with Gasteiger partial charge < -0.3 is 9.47 Å². The van der Waals surface area contributed by atoms with Crippen LogP contribution < -0.4 is 0 Å². The summed E-state index contributed by atoms with van der Waals surface area (Å²) >= 11 is 0. The third kappa shape index (κ3) is 3.48. The minimum absolute atomic E-state index is 0.342. The SMILES string of the molecule is C=C(/C=C\c1cc(C(=O)OC)ccc1C)OC. The quantitative estimate of drug-likeness (QED) is 0.455. The van der Waals surface area contributed by atoms with Gasteiger partial charge in [0.1, 0.15) is 5.76 Å². The number of allylic oxidation sites excluding steroid dienone is 1. The van der Waals surface area contributed by atoms with Crippen molar-refractivity contribution in [3.05, 3.63) is 53.3 Å². The third-order valence-electron chi connectivity index (χ3n) is 2.41. The Labute approximate surface area is 101 Å². The van der Waals surface area contributed by atoms with Crippen LogP contribution in [0.15, 0.2) is 36.6 Å². The van der Waals surface area contributed by atoms with Crippen LogP contribution in [0.2, 0.25) is 0 Å². The molecular formula is C14H16O3. The van der Waals surface area contributed by atoms with Crippen molar-refractivity contribution in [1.29, 1.82) is 0 Å². The molecule has 1 aromatic carbocycles. The summed E-state index contributed by atoms with van der Waals surface area (Å²) in [7, 11) is 2.93. The second-order valence-corrected chi connectivity index (χ2v) is 3.57. The highest BCUT2D eigenvalue weighted by molar-refractivity contribution is 5.90. The standard InChI is InChI=1S/C14H16O3/c1-10-5-7-13(14(15)17-4)9-12(10)8-6-11(2)16-3/h5-9H,2H2,1,3-4H3/b8-6-. The highest BCUT2D eigenvalue weighted by Gasteiger charge is 2.06. The van der Waals surface area contributed by atoms with Crippen LogP contribution >= 0.6 is 0 Å². The molecule has 3 nitrogen and oxygen atoms in total. The van der Waals surface area contributed by atoms with Gasteiger partial charge in [-0.2, -0.15) is 0 Å². The number of carbonyl (C=O) groups excluding carboxylic acids is 1. The third-order valence-corrected chi connectivity index (χ3v) is 2.41. The lowest BCUT2D eigenvalue weighted by atomic mass is 10.0. The molecule has 0 heterocycles. The Hall–Kier alpha value is -2.03. The number of hydrogen-bond donors (Lipinski definition) is 0. The maximum atomic E-state index is 11.4. The largest absolute Gasteiger partial charge is 0.497 e. The molecule has 0 aromatic heterocycles. The van der Waals surface area contributed by atoms with Crippen LogP contribution in [0.1, 0.15) is 21.5 Å². The molecule has 0 spiro atoms. The highest BCUT2D eigenvalue weighted by atomic mass is 16.5. The van der Waals surface area contributed by atoms with E-state index in [0.29, 0.717) is 11.3 Å². The molecule has 0 amide bonds. The van der Waals surface area contributed by atoms with Gasteiger partial charge in [0, 0.05) is 0 Å². The van der Waals surface area contributed by atoms with E-state index in [0.717, 1.165) is 11.1 Å². The van der Waals surface area contributed by atoms with Gasteiger partial charge >= 0.3 is 5.97 Å². The number of benzene rings is 1. The van der Waals surface area contributed by atoms with E-state index in [4.69, 9.17) is 4.74 Å². The molecule has 0 atom stereocenters. The first-order valence-electron chi connectivity index (χ1n) is 5.18. The molecule has 0 saturated carbocycles. The number of ether oxygens (including phenoxy) is 2. The molecule has 0 aliphatic rings. The van der Waals surface area contributed by atoms with Crippen LogP contribution in [0.5, 0.6) is 0 Å². The van der Waals surface area contributed by atoms with Gasteiger partial charge in [-0.25, -0.2) is 4.79 Å². The van der Waals surface area contributed by atoms with Crippen molar-refractivity contribution < 1.29 is 14.3 Å². The zero-order chi connectivity index (χ0) is 12.8. The van der Waals surface area contributed by atoms with Crippen molar-refractivity contribution in [2.75, 3.05) is 14.2 Å². The van der Waals surface area contributed by atoms with Crippen LogP contribution in [-0.4, -0.2) is 20.2 Å². The number of methoxy groups -OCH3 is 2. The number of esters is 1. The van der Waals surface area contributed by atoms with Gasteiger partial charge in [-0.1, -0.05) is 18.7 Å². The first-order valence-corrected chi connectivity index (χ1v) is 5.18. The van der Waals surface area contributed by atoms with E-state index in [1.54, 1.807) is 25.3 Å². The molecule has 0 bridgehead atoms. The van der Waals surface area contributed by atoms with E-state index in [1.165, 1.54) is 7.11 Å². The fourth-order valence-electron chi connectivity index (χ4n) is 1.32. The highest BCUT2D eigenvalue weighted by Crippen LogP contribution is 2.14. The lowest BCUT2D eigenvalue weighted by molar-refractivity contribution is 0.0600. The second kappa shape index (κ2) is 5.89. The van der Waals surface area contributed by atoms with Crippen LogP contribution in [-0.2, 0) is 9.47 Å². The minimum Gasteiger partial charge on any atom is -0.497 e. The summed E-state index contributed by atoms with van der Waals surface area (Å²) in [5, 5.41) is 0. The lowest BCUT2D eigenvalue weighted by Gasteiger charge is -2.04. The van der Waals surface area contributed by atoms with E-state index in [9.17, 15) is 4.79 Å². The second-order valence-electron chi connectivity index (χ2n) is 3.57. The van der Waals surface area contributed by atoms with Crippen molar-refractivity contribution in [1.82, 2.24) is 0 Å². The van der Waals surface area contributed by atoms with Crippen molar-refractivity contribution in [3.8, 4) is 0 Å². The van der Waals surface area contributed by atoms with Crippen molar-refractivity contribution in [2.45, 2.75) is 6.92 Å². The average Bonchev–Trinajstić information content (AvgIpc) is 2.36.